The van der Waals surface area contributed by atoms with Crippen LogP contribution in [0.3, 0.4) is 0 Å². The Labute approximate surface area is 120 Å². The highest BCUT2D eigenvalue weighted by atomic mass is 79.9. The number of halogens is 2. The van der Waals surface area contributed by atoms with Gasteiger partial charge in [0.05, 0.1) is 13.1 Å². The summed E-state index contributed by atoms with van der Waals surface area (Å²) in [6, 6.07) is 7.06. The zero-order valence-corrected chi connectivity index (χ0v) is 12.8. The fraction of sp³-hybridized carbons (Fsp3) is 0.500. The molecule has 1 fully saturated rings. The maximum Gasteiger partial charge on any atom is 0.410 e. The van der Waals surface area contributed by atoms with E-state index in [2.05, 4.69) is 15.9 Å². The van der Waals surface area contributed by atoms with Crippen LogP contribution in [0.15, 0.2) is 28.7 Å². The average molecular weight is 330 g/mol. The molecule has 1 aromatic rings. The highest BCUT2D eigenvalue weighted by Crippen LogP contribution is 2.37. The number of likely N-dealkylation sites (tertiary alicyclic amines) is 1. The van der Waals surface area contributed by atoms with Crippen LogP contribution in [0.25, 0.3) is 0 Å². The molecule has 1 aliphatic rings. The van der Waals surface area contributed by atoms with Crippen molar-refractivity contribution in [2.45, 2.75) is 32.0 Å². The summed E-state index contributed by atoms with van der Waals surface area (Å²) in [6.07, 6.45) is -0.460. The first-order chi connectivity index (χ1) is 8.70. The fourth-order valence-electron chi connectivity index (χ4n) is 1.95. The molecule has 1 amide bonds. The molecule has 104 valence electrons. The van der Waals surface area contributed by atoms with Crippen LogP contribution in [0, 0.1) is 0 Å². The van der Waals surface area contributed by atoms with E-state index in [1.165, 1.54) is 4.90 Å². The van der Waals surface area contributed by atoms with Crippen LogP contribution in [0.4, 0.5) is 9.18 Å². The number of hydrogen-bond donors (Lipinski definition) is 0. The van der Waals surface area contributed by atoms with E-state index in [9.17, 15) is 9.18 Å². The van der Waals surface area contributed by atoms with E-state index in [-0.39, 0.29) is 13.1 Å². The Balaban J connectivity index is 1.98. The van der Waals surface area contributed by atoms with Gasteiger partial charge in [-0.15, -0.1) is 0 Å². The Bertz CT molecular complexity index is 475. The molecule has 2 rings (SSSR count). The van der Waals surface area contributed by atoms with Gasteiger partial charge in [-0.25, -0.2) is 9.18 Å². The second-order valence-electron chi connectivity index (χ2n) is 5.81. The van der Waals surface area contributed by atoms with Gasteiger partial charge < -0.3 is 9.64 Å². The maximum absolute atomic E-state index is 14.5. The number of hydrogen-bond acceptors (Lipinski definition) is 2. The van der Waals surface area contributed by atoms with Gasteiger partial charge >= 0.3 is 6.09 Å². The number of rotatable bonds is 1. The smallest absolute Gasteiger partial charge is 0.410 e. The van der Waals surface area contributed by atoms with Crippen LogP contribution in [0.1, 0.15) is 26.3 Å². The van der Waals surface area contributed by atoms with Gasteiger partial charge in [0.1, 0.15) is 5.60 Å². The summed E-state index contributed by atoms with van der Waals surface area (Å²) in [5, 5.41) is 0. The predicted octanol–water partition coefficient (Wildman–Crippen LogP) is 3.86. The van der Waals surface area contributed by atoms with Crippen molar-refractivity contribution < 1.29 is 13.9 Å². The molecular weight excluding hydrogens is 313 g/mol. The number of nitrogens with zero attached hydrogens (tertiary/aromatic N) is 1. The largest absolute Gasteiger partial charge is 0.444 e. The molecule has 0 aromatic heterocycles. The molecule has 1 heterocycles. The van der Waals surface area contributed by atoms with Crippen molar-refractivity contribution in [2.24, 2.45) is 0 Å². The normalized spacial score (nSPS) is 17.8. The summed E-state index contributed by atoms with van der Waals surface area (Å²) in [5.74, 6) is 0. The molecule has 0 atom stereocenters. The maximum atomic E-state index is 14.5. The van der Waals surface area contributed by atoms with E-state index in [4.69, 9.17) is 4.74 Å². The number of carbonyl (C=O) groups excluding carboxylic acids is 1. The van der Waals surface area contributed by atoms with Crippen molar-refractivity contribution in [1.29, 1.82) is 0 Å². The standard InChI is InChI=1S/C14H17BrFNO2/c1-13(2,3)19-12(18)17-8-14(16,9-17)10-4-6-11(15)7-5-10/h4-7H,8-9H2,1-3H3. The Hall–Kier alpha value is -1.10. The van der Waals surface area contributed by atoms with Crippen molar-refractivity contribution in [3.63, 3.8) is 0 Å². The van der Waals surface area contributed by atoms with E-state index in [0.717, 1.165) is 4.47 Å². The lowest BCUT2D eigenvalue weighted by atomic mass is 9.88. The Kier molecular flexibility index (Phi) is 3.60. The van der Waals surface area contributed by atoms with Crippen LogP contribution in [0.5, 0.6) is 0 Å². The lowest BCUT2D eigenvalue weighted by Crippen LogP contribution is -2.59. The van der Waals surface area contributed by atoms with E-state index in [0.29, 0.717) is 5.56 Å². The Morgan fingerprint density at radius 3 is 2.32 bits per heavy atom. The Morgan fingerprint density at radius 2 is 1.84 bits per heavy atom. The van der Waals surface area contributed by atoms with Crippen LogP contribution in [-0.4, -0.2) is 29.7 Å². The van der Waals surface area contributed by atoms with Crippen LogP contribution in [0.2, 0.25) is 0 Å². The SMILES string of the molecule is CC(C)(C)OC(=O)N1CC(F)(c2ccc(Br)cc2)C1. The fourth-order valence-corrected chi connectivity index (χ4v) is 2.21. The monoisotopic (exact) mass is 329 g/mol. The molecule has 0 aliphatic carbocycles. The second-order valence-corrected chi connectivity index (χ2v) is 6.72. The number of ether oxygens (including phenoxy) is 1. The molecule has 0 unspecified atom stereocenters. The van der Waals surface area contributed by atoms with Crippen molar-refractivity contribution in [3.05, 3.63) is 34.3 Å². The molecule has 1 saturated heterocycles. The summed E-state index contributed by atoms with van der Waals surface area (Å²) in [7, 11) is 0. The number of amides is 1. The zero-order valence-electron chi connectivity index (χ0n) is 11.2. The molecule has 5 heteroatoms. The van der Waals surface area contributed by atoms with Crippen LogP contribution >= 0.6 is 15.9 Å². The first-order valence-corrected chi connectivity index (χ1v) is 6.92. The van der Waals surface area contributed by atoms with Crippen molar-refractivity contribution in [2.75, 3.05) is 13.1 Å². The summed E-state index contributed by atoms with van der Waals surface area (Å²) in [4.78, 5) is 13.1. The molecule has 0 spiro atoms. The molecule has 1 aromatic carbocycles. The van der Waals surface area contributed by atoms with Gasteiger partial charge in [-0.1, -0.05) is 28.1 Å². The van der Waals surface area contributed by atoms with E-state index >= 15 is 0 Å². The molecule has 0 N–H and O–H groups in total. The summed E-state index contributed by atoms with van der Waals surface area (Å²) in [5.41, 5.74) is -1.42. The van der Waals surface area contributed by atoms with Crippen molar-refractivity contribution in [3.8, 4) is 0 Å². The van der Waals surface area contributed by atoms with Crippen LogP contribution < -0.4 is 0 Å². The van der Waals surface area contributed by atoms with Gasteiger partial charge in [0.2, 0.25) is 0 Å². The van der Waals surface area contributed by atoms with Gasteiger partial charge in [0, 0.05) is 4.47 Å². The van der Waals surface area contributed by atoms with E-state index in [1.54, 1.807) is 45.0 Å². The minimum atomic E-state index is -1.46. The molecule has 0 saturated carbocycles. The highest BCUT2D eigenvalue weighted by Gasteiger charge is 2.48. The van der Waals surface area contributed by atoms with Gasteiger partial charge in [0.25, 0.3) is 0 Å². The second kappa shape index (κ2) is 4.78. The first-order valence-electron chi connectivity index (χ1n) is 6.12. The van der Waals surface area contributed by atoms with Crippen LogP contribution in [-0.2, 0) is 10.4 Å². The highest BCUT2D eigenvalue weighted by molar-refractivity contribution is 9.10. The Morgan fingerprint density at radius 1 is 1.32 bits per heavy atom. The molecule has 0 bridgehead atoms. The molecular formula is C14H17BrFNO2. The molecule has 3 nitrogen and oxygen atoms in total. The predicted molar refractivity (Wildman–Crippen MR) is 74.7 cm³/mol. The summed E-state index contributed by atoms with van der Waals surface area (Å²) >= 11 is 3.31. The number of alkyl halides is 1. The molecule has 1 aliphatic heterocycles. The third kappa shape index (κ3) is 3.26. The summed E-state index contributed by atoms with van der Waals surface area (Å²) < 4.78 is 20.7. The lowest BCUT2D eigenvalue weighted by Gasteiger charge is -2.44. The van der Waals surface area contributed by atoms with E-state index < -0.39 is 17.4 Å². The first kappa shape index (κ1) is 14.3. The van der Waals surface area contributed by atoms with Crippen molar-refractivity contribution >= 4 is 22.0 Å². The molecule has 0 radical (unpaired) electrons. The summed E-state index contributed by atoms with van der Waals surface area (Å²) in [6.45, 7) is 5.47. The third-order valence-corrected chi connectivity index (χ3v) is 3.42. The van der Waals surface area contributed by atoms with Crippen molar-refractivity contribution in [1.82, 2.24) is 4.90 Å². The minimum Gasteiger partial charge on any atom is -0.444 e. The minimum absolute atomic E-state index is 0.0452. The van der Waals surface area contributed by atoms with Gasteiger partial charge in [-0.2, -0.15) is 0 Å². The number of benzene rings is 1. The average Bonchev–Trinajstić information content (AvgIpc) is 2.23. The van der Waals surface area contributed by atoms with E-state index in [1.807, 2.05) is 0 Å². The quantitative estimate of drug-likeness (QED) is 0.782. The van der Waals surface area contributed by atoms with Gasteiger partial charge in [-0.05, 0) is 38.5 Å². The topological polar surface area (TPSA) is 29.5 Å². The van der Waals surface area contributed by atoms with Gasteiger partial charge in [0.15, 0.2) is 5.67 Å². The molecule has 19 heavy (non-hydrogen) atoms. The lowest BCUT2D eigenvalue weighted by molar-refractivity contribution is -0.0537. The zero-order chi connectivity index (χ0) is 14.3. The third-order valence-electron chi connectivity index (χ3n) is 2.90. The number of carbonyl (C=O) groups is 1. The van der Waals surface area contributed by atoms with Gasteiger partial charge in [-0.3, -0.25) is 0 Å².